The Morgan fingerprint density at radius 3 is 2.12 bits per heavy atom. The molecule has 2 aromatic rings. The summed E-state index contributed by atoms with van der Waals surface area (Å²) in [5, 5.41) is 0. The van der Waals surface area contributed by atoms with Gasteiger partial charge in [0.15, 0.2) is 0 Å². The molecule has 0 saturated heterocycles. The van der Waals surface area contributed by atoms with E-state index < -0.39 is 23.8 Å². The first-order valence-electron chi connectivity index (χ1n) is 7.78. The molecule has 0 N–H and O–H groups in total. The van der Waals surface area contributed by atoms with E-state index in [-0.39, 0.29) is 23.4 Å². The highest BCUT2D eigenvalue weighted by molar-refractivity contribution is 6.21. The summed E-state index contributed by atoms with van der Waals surface area (Å²) in [6, 6.07) is 11.0. The zero-order chi connectivity index (χ0) is 18.8. The number of imide groups is 1. The second kappa shape index (κ2) is 6.79. The lowest BCUT2D eigenvalue weighted by molar-refractivity contribution is -0.131. The van der Waals surface area contributed by atoms with Crippen LogP contribution in [-0.2, 0) is 16.1 Å². The van der Waals surface area contributed by atoms with Gasteiger partial charge in [-0.1, -0.05) is 18.2 Å². The van der Waals surface area contributed by atoms with Gasteiger partial charge < -0.3 is 9.47 Å². The van der Waals surface area contributed by atoms with Crippen LogP contribution < -0.4 is 4.74 Å². The van der Waals surface area contributed by atoms with Crippen LogP contribution in [0.2, 0.25) is 0 Å². The lowest BCUT2D eigenvalue weighted by atomic mass is 10.1. The summed E-state index contributed by atoms with van der Waals surface area (Å²) < 4.78 is 9.89. The maximum absolute atomic E-state index is 12.6. The zero-order valence-electron chi connectivity index (χ0n) is 14.1. The van der Waals surface area contributed by atoms with Crippen LogP contribution in [0.1, 0.15) is 43.6 Å². The average molecular weight is 353 g/mol. The number of hydrogen-bond donors (Lipinski definition) is 0. The van der Waals surface area contributed by atoms with Gasteiger partial charge in [0.1, 0.15) is 5.75 Å². The molecule has 0 fully saturated rings. The minimum absolute atomic E-state index is 0.0944. The molecule has 7 nitrogen and oxygen atoms in total. The second-order valence-corrected chi connectivity index (χ2v) is 5.61. The molecule has 0 atom stereocenters. The molecule has 0 bridgehead atoms. The van der Waals surface area contributed by atoms with Crippen LogP contribution in [0, 0.1) is 0 Å². The van der Waals surface area contributed by atoms with Crippen molar-refractivity contribution in [3.63, 3.8) is 0 Å². The number of rotatable bonds is 4. The van der Waals surface area contributed by atoms with E-state index >= 15 is 0 Å². The molecule has 2 amide bonds. The molecule has 0 unspecified atom stereocenters. The fourth-order valence-electron chi connectivity index (χ4n) is 2.82. The number of amides is 2. The van der Waals surface area contributed by atoms with Crippen molar-refractivity contribution in [2.45, 2.75) is 13.5 Å². The van der Waals surface area contributed by atoms with Gasteiger partial charge in [-0.15, -0.1) is 0 Å². The molecule has 1 aliphatic heterocycles. The monoisotopic (exact) mass is 353 g/mol. The van der Waals surface area contributed by atoms with Gasteiger partial charge in [-0.05, 0) is 24.3 Å². The van der Waals surface area contributed by atoms with Crippen LogP contribution in [0.15, 0.2) is 42.5 Å². The Labute approximate surface area is 149 Å². The van der Waals surface area contributed by atoms with Gasteiger partial charge in [0, 0.05) is 12.5 Å². The van der Waals surface area contributed by atoms with E-state index in [1.807, 2.05) is 0 Å². The SMILES string of the molecule is COC(=O)c1cccc(OC(C)=O)c1CN1C(=O)c2ccccc2C1=O. The smallest absolute Gasteiger partial charge is 0.338 e. The molecule has 132 valence electrons. The molecule has 1 heterocycles. The van der Waals surface area contributed by atoms with Crippen molar-refractivity contribution >= 4 is 23.8 Å². The molecule has 3 rings (SSSR count). The third kappa shape index (κ3) is 2.95. The highest BCUT2D eigenvalue weighted by atomic mass is 16.5. The Morgan fingerprint density at radius 1 is 0.962 bits per heavy atom. The van der Waals surface area contributed by atoms with Crippen LogP contribution >= 0.6 is 0 Å². The Bertz CT molecular complexity index is 898. The molecular weight excluding hydrogens is 338 g/mol. The fraction of sp³-hybridized carbons (Fsp3) is 0.158. The van der Waals surface area contributed by atoms with Crippen molar-refractivity contribution in [1.82, 2.24) is 4.90 Å². The highest BCUT2D eigenvalue weighted by Crippen LogP contribution is 2.30. The summed E-state index contributed by atoms with van der Waals surface area (Å²) in [5.74, 6) is -2.10. The number of esters is 2. The highest BCUT2D eigenvalue weighted by Gasteiger charge is 2.36. The van der Waals surface area contributed by atoms with Gasteiger partial charge in [0.05, 0.1) is 30.3 Å². The first-order valence-corrected chi connectivity index (χ1v) is 7.78. The molecule has 0 radical (unpaired) electrons. The average Bonchev–Trinajstić information content (AvgIpc) is 2.87. The van der Waals surface area contributed by atoms with Crippen LogP contribution in [-0.4, -0.2) is 35.8 Å². The number of methoxy groups -OCH3 is 1. The Kier molecular flexibility index (Phi) is 4.53. The Morgan fingerprint density at radius 2 is 1.58 bits per heavy atom. The number of nitrogens with zero attached hydrogens (tertiary/aromatic N) is 1. The largest absolute Gasteiger partial charge is 0.465 e. The van der Waals surface area contributed by atoms with E-state index in [4.69, 9.17) is 9.47 Å². The van der Waals surface area contributed by atoms with E-state index in [1.165, 1.54) is 32.2 Å². The molecule has 0 spiro atoms. The van der Waals surface area contributed by atoms with Crippen molar-refractivity contribution in [2.24, 2.45) is 0 Å². The fourth-order valence-corrected chi connectivity index (χ4v) is 2.82. The lowest BCUT2D eigenvalue weighted by Crippen LogP contribution is -2.30. The summed E-state index contributed by atoms with van der Waals surface area (Å²) in [4.78, 5) is 49.6. The van der Waals surface area contributed by atoms with Gasteiger partial charge in [-0.3, -0.25) is 19.3 Å². The van der Waals surface area contributed by atoms with Crippen molar-refractivity contribution in [1.29, 1.82) is 0 Å². The van der Waals surface area contributed by atoms with E-state index in [9.17, 15) is 19.2 Å². The first kappa shape index (κ1) is 17.3. The topological polar surface area (TPSA) is 90.0 Å². The Hall–Kier alpha value is -3.48. The van der Waals surface area contributed by atoms with Crippen LogP contribution in [0.5, 0.6) is 5.75 Å². The third-order valence-electron chi connectivity index (χ3n) is 3.99. The summed E-state index contributed by atoms with van der Waals surface area (Å²) in [5.41, 5.74) is 0.927. The molecular formula is C19H15NO6. The first-order chi connectivity index (χ1) is 12.4. The normalized spacial score (nSPS) is 12.8. The Balaban J connectivity index is 2.04. The van der Waals surface area contributed by atoms with Crippen molar-refractivity contribution in [3.8, 4) is 5.75 Å². The second-order valence-electron chi connectivity index (χ2n) is 5.61. The number of fused-ring (bicyclic) bond motifs is 1. The number of carbonyl (C=O) groups excluding carboxylic acids is 4. The van der Waals surface area contributed by atoms with Crippen LogP contribution in [0.4, 0.5) is 0 Å². The van der Waals surface area contributed by atoms with Crippen LogP contribution in [0.25, 0.3) is 0 Å². The maximum Gasteiger partial charge on any atom is 0.338 e. The zero-order valence-corrected chi connectivity index (χ0v) is 14.1. The summed E-state index contributed by atoms with van der Waals surface area (Å²) >= 11 is 0. The standard InChI is InChI=1S/C19H15NO6/c1-11(21)26-16-9-5-8-14(19(24)25-2)15(16)10-20-17(22)12-6-3-4-7-13(12)18(20)23/h3-9H,10H2,1-2H3. The maximum atomic E-state index is 12.6. The van der Waals surface area contributed by atoms with Gasteiger partial charge in [-0.25, -0.2) is 4.79 Å². The van der Waals surface area contributed by atoms with Crippen LogP contribution in [0.3, 0.4) is 0 Å². The number of carbonyl (C=O) groups is 4. The molecule has 7 heteroatoms. The van der Waals surface area contributed by atoms with E-state index in [1.54, 1.807) is 24.3 Å². The molecule has 1 aliphatic rings. The predicted molar refractivity (Wildman–Crippen MR) is 89.7 cm³/mol. The van der Waals surface area contributed by atoms with Gasteiger partial charge in [-0.2, -0.15) is 0 Å². The van der Waals surface area contributed by atoms with Crippen molar-refractivity contribution < 1.29 is 28.7 Å². The van der Waals surface area contributed by atoms with E-state index in [2.05, 4.69) is 0 Å². The summed E-state index contributed by atoms with van der Waals surface area (Å²) in [6.45, 7) is 0.997. The molecule has 0 aliphatic carbocycles. The third-order valence-corrected chi connectivity index (χ3v) is 3.99. The minimum atomic E-state index is -0.661. The van der Waals surface area contributed by atoms with Gasteiger partial charge >= 0.3 is 11.9 Å². The van der Waals surface area contributed by atoms with E-state index in [0.29, 0.717) is 11.1 Å². The van der Waals surface area contributed by atoms with E-state index in [0.717, 1.165) is 4.90 Å². The predicted octanol–water partition coefficient (Wildman–Crippen LogP) is 2.19. The van der Waals surface area contributed by atoms with Crippen molar-refractivity contribution in [2.75, 3.05) is 7.11 Å². The number of ether oxygens (including phenoxy) is 2. The molecule has 26 heavy (non-hydrogen) atoms. The molecule has 0 aromatic heterocycles. The van der Waals surface area contributed by atoms with Crippen molar-refractivity contribution in [3.05, 3.63) is 64.7 Å². The molecule has 0 saturated carbocycles. The number of hydrogen-bond acceptors (Lipinski definition) is 6. The summed E-state index contributed by atoms with van der Waals surface area (Å²) in [7, 11) is 1.21. The van der Waals surface area contributed by atoms with Gasteiger partial charge in [0.2, 0.25) is 0 Å². The molecule has 2 aromatic carbocycles. The lowest BCUT2D eigenvalue weighted by Gasteiger charge is -2.18. The number of benzene rings is 2. The minimum Gasteiger partial charge on any atom is -0.465 e. The summed E-state index contributed by atoms with van der Waals surface area (Å²) in [6.07, 6.45) is 0. The van der Waals surface area contributed by atoms with Gasteiger partial charge in [0.25, 0.3) is 11.8 Å². The quantitative estimate of drug-likeness (QED) is 0.475.